The van der Waals surface area contributed by atoms with Crippen LogP contribution in [0.4, 0.5) is 24.7 Å². The summed E-state index contributed by atoms with van der Waals surface area (Å²) in [6.45, 7) is 4.89. The van der Waals surface area contributed by atoms with Crippen LogP contribution in [0.1, 0.15) is 46.7 Å². The van der Waals surface area contributed by atoms with E-state index in [1.165, 1.54) is 29.4 Å². The van der Waals surface area contributed by atoms with E-state index >= 15 is 0 Å². The molecular formula is C29H28F3N5O3. The number of nitrogens with zero attached hydrogens (tertiary/aromatic N) is 3. The molecule has 3 aromatic rings. The summed E-state index contributed by atoms with van der Waals surface area (Å²) in [6, 6.07) is 6.26. The topological polar surface area (TPSA) is 110 Å². The molecule has 2 fully saturated rings. The fourth-order valence-corrected chi connectivity index (χ4v) is 4.94. The summed E-state index contributed by atoms with van der Waals surface area (Å²) < 4.78 is 49.5. The van der Waals surface area contributed by atoms with Gasteiger partial charge in [-0.3, -0.25) is 9.59 Å². The SMILES string of the molecule is C=CC(=O)N1C[C@H](F)CC1COc1c(N)ncnc1-c1cc(F)cc(NC(=O)c2ccc(C3CC3)cc2F)c1C. The van der Waals surface area contributed by atoms with Gasteiger partial charge in [-0.05, 0) is 67.2 Å². The monoisotopic (exact) mass is 551 g/mol. The Balaban J connectivity index is 1.42. The van der Waals surface area contributed by atoms with E-state index in [9.17, 15) is 22.8 Å². The minimum Gasteiger partial charge on any atom is -0.485 e. The smallest absolute Gasteiger partial charge is 0.258 e. The molecule has 1 aromatic heterocycles. The van der Waals surface area contributed by atoms with Crippen LogP contribution in [-0.2, 0) is 4.79 Å². The lowest BCUT2D eigenvalue weighted by atomic mass is 10.0. The number of nitrogens with one attached hydrogen (secondary N) is 1. The van der Waals surface area contributed by atoms with Gasteiger partial charge in [0.1, 0.15) is 36.4 Å². The van der Waals surface area contributed by atoms with Crippen molar-refractivity contribution in [1.29, 1.82) is 0 Å². The molecule has 0 bridgehead atoms. The van der Waals surface area contributed by atoms with Gasteiger partial charge in [-0.1, -0.05) is 12.6 Å². The summed E-state index contributed by atoms with van der Waals surface area (Å²) in [5.41, 5.74) is 7.67. The van der Waals surface area contributed by atoms with Crippen LogP contribution in [0.2, 0.25) is 0 Å². The first-order valence-electron chi connectivity index (χ1n) is 12.9. The van der Waals surface area contributed by atoms with Crippen LogP contribution in [0.15, 0.2) is 49.3 Å². The fourth-order valence-electron chi connectivity index (χ4n) is 4.94. The van der Waals surface area contributed by atoms with Crippen molar-refractivity contribution < 1.29 is 27.5 Å². The van der Waals surface area contributed by atoms with Gasteiger partial charge in [-0.2, -0.15) is 0 Å². The Labute approximate surface area is 229 Å². The Morgan fingerprint density at radius 2 is 2.00 bits per heavy atom. The van der Waals surface area contributed by atoms with Crippen molar-refractivity contribution in [2.24, 2.45) is 0 Å². The Hall–Kier alpha value is -4.41. The molecular weight excluding hydrogens is 523 g/mol. The van der Waals surface area contributed by atoms with Crippen LogP contribution in [0.25, 0.3) is 11.3 Å². The van der Waals surface area contributed by atoms with Gasteiger partial charge in [0, 0.05) is 17.7 Å². The van der Waals surface area contributed by atoms with Crippen molar-refractivity contribution in [1.82, 2.24) is 14.9 Å². The van der Waals surface area contributed by atoms with Crippen LogP contribution in [0.3, 0.4) is 0 Å². The lowest BCUT2D eigenvalue weighted by molar-refractivity contribution is -0.127. The van der Waals surface area contributed by atoms with Crippen molar-refractivity contribution in [3.05, 3.63) is 77.6 Å². The van der Waals surface area contributed by atoms with E-state index in [-0.39, 0.29) is 53.6 Å². The summed E-state index contributed by atoms with van der Waals surface area (Å²) in [5.74, 6) is -2.20. The molecule has 2 heterocycles. The lowest BCUT2D eigenvalue weighted by Crippen LogP contribution is -2.38. The summed E-state index contributed by atoms with van der Waals surface area (Å²) in [5, 5.41) is 2.59. The number of rotatable bonds is 8. The van der Waals surface area contributed by atoms with Crippen molar-refractivity contribution in [2.75, 3.05) is 24.2 Å². The number of nitrogen functional groups attached to an aromatic ring is 1. The van der Waals surface area contributed by atoms with E-state index in [2.05, 4.69) is 21.9 Å². The number of halogens is 3. The first-order valence-corrected chi connectivity index (χ1v) is 12.9. The predicted molar refractivity (Wildman–Crippen MR) is 144 cm³/mol. The van der Waals surface area contributed by atoms with Crippen LogP contribution >= 0.6 is 0 Å². The van der Waals surface area contributed by atoms with Crippen molar-refractivity contribution in [3.8, 4) is 17.0 Å². The number of hydrogen-bond acceptors (Lipinski definition) is 6. The van der Waals surface area contributed by atoms with E-state index in [0.29, 0.717) is 11.5 Å². The van der Waals surface area contributed by atoms with Crippen molar-refractivity contribution in [2.45, 2.75) is 44.3 Å². The highest BCUT2D eigenvalue weighted by atomic mass is 19.1. The number of anilines is 2. The Morgan fingerprint density at radius 3 is 2.70 bits per heavy atom. The van der Waals surface area contributed by atoms with E-state index in [4.69, 9.17) is 10.5 Å². The molecule has 1 saturated heterocycles. The van der Waals surface area contributed by atoms with Gasteiger partial charge in [-0.15, -0.1) is 0 Å². The molecule has 2 aliphatic rings. The van der Waals surface area contributed by atoms with Gasteiger partial charge in [0.2, 0.25) is 5.91 Å². The highest BCUT2D eigenvalue weighted by Crippen LogP contribution is 2.41. The number of carbonyl (C=O) groups is 2. The maximum atomic E-state index is 14.8. The third kappa shape index (κ3) is 5.49. The summed E-state index contributed by atoms with van der Waals surface area (Å²) in [7, 11) is 0. The van der Waals surface area contributed by atoms with E-state index in [0.717, 1.165) is 30.5 Å². The van der Waals surface area contributed by atoms with Gasteiger partial charge in [-0.25, -0.2) is 23.1 Å². The number of amides is 2. The standard InChI is InChI=1S/C29H28F3N5O3/c1-3-25(38)37-12-19(31)9-20(37)13-40-27-26(34-14-35-28(27)33)22-10-18(30)11-24(15(22)2)36-29(39)21-7-6-17(8-23(21)32)16-4-5-16/h3,6-8,10-11,14,16,19-20H,1,4-5,9,12-13H2,2H3,(H,36,39)(H2,33,34,35)/t19-,20?/m1/s1. The van der Waals surface area contributed by atoms with Gasteiger partial charge >= 0.3 is 0 Å². The van der Waals surface area contributed by atoms with Crippen LogP contribution in [0, 0.1) is 18.6 Å². The average molecular weight is 552 g/mol. The number of benzene rings is 2. The second kappa shape index (κ2) is 11.0. The highest BCUT2D eigenvalue weighted by molar-refractivity contribution is 6.05. The normalized spacial score (nSPS) is 18.4. The van der Waals surface area contributed by atoms with Gasteiger partial charge in [0.25, 0.3) is 5.91 Å². The second-order valence-electron chi connectivity index (χ2n) is 10.0. The number of alkyl halides is 1. The number of likely N-dealkylation sites (tertiary alicyclic amines) is 1. The van der Waals surface area contributed by atoms with E-state index in [1.807, 2.05) is 0 Å². The summed E-state index contributed by atoms with van der Waals surface area (Å²) >= 11 is 0. The zero-order valence-electron chi connectivity index (χ0n) is 21.8. The number of aromatic nitrogens is 2. The molecule has 5 rings (SSSR count). The van der Waals surface area contributed by atoms with Crippen LogP contribution in [0.5, 0.6) is 5.75 Å². The van der Waals surface area contributed by atoms with Crippen LogP contribution < -0.4 is 15.8 Å². The van der Waals surface area contributed by atoms with E-state index in [1.54, 1.807) is 13.0 Å². The molecule has 1 aliphatic carbocycles. The maximum absolute atomic E-state index is 14.8. The van der Waals surface area contributed by atoms with Crippen molar-refractivity contribution in [3.63, 3.8) is 0 Å². The molecule has 208 valence electrons. The molecule has 11 heteroatoms. The Bertz CT molecular complexity index is 1490. The average Bonchev–Trinajstić information content (AvgIpc) is 3.71. The molecule has 0 radical (unpaired) electrons. The first kappa shape index (κ1) is 27.2. The molecule has 2 atom stereocenters. The molecule has 2 amide bonds. The third-order valence-corrected chi connectivity index (χ3v) is 7.23. The predicted octanol–water partition coefficient (Wildman–Crippen LogP) is 4.95. The Kier molecular flexibility index (Phi) is 7.46. The molecule has 2 aromatic carbocycles. The summed E-state index contributed by atoms with van der Waals surface area (Å²) in [4.78, 5) is 34.6. The van der Waals surface area contributed by atoms with Crippen molar-refractivity contribution >= 4 is 23.3 Å². The van der Waals surface area contributed by atoms with Gasteiger partial charge < -0.3 is 20.7 Å². The third-order valence-electron chi connectivity index (χ3n) is 7.23. The number of hydrogen-bond donors (Lipinski definition) is 2. The number of nitrogens with two attached hydrogens (primary N) is 1. The first-order chi connectivity index (χ1) is 19.2. The molecule has 8 nitrogen and oxygen atoms in total. The van der Waals surface area contributed by atoms with E-state index < -0.39 is 35.7 Å². The molecule has 3 N–H and O–H groups in total. The zero-order chi connectivity index (χ0) is 28.6. The molecule has 1 unspecified atom stereocenters. The number of ether oxygens (including phenoxy) is 1. The largest absolute Gasteiger partial charge is 0.485 e. The molecule has 1 saturated carbocycles. The zero-order valence-corrected chi connectivity index (χ0v) is 21.8. The lowest BCUT2D eigenvalue weighted by Gasteiger charge is -2.24. The van der Waals surface area contributed by atoms with Gasteiger partial charge in [0.05, 0.1) is 18.2 Å². The minimum atomic E-state index is -1.22. The highest BCUT2D eigenvalue weighted by Gasteiger charge is 2.35. The molecule has 0 spiro atoms. The maximum Gasteiger partial charge on any atom is 0.258 e. The fraction of sp³-hybridized carbons (Fsp3) is 0.310. The molecule has 1 aliphatic heterocycles. The second-order valence-corrected chi connectivity index (χ2v) is 10.0. The minimum absolute atomic E-state index is 0.0171. The Morgan fingerprint density at radius 1 is 1.23 bits per heavy atom. The number of carbonyl (C=O) groups excluding carboxylic acids is 2. The van der Waals surface area contributed by atoms with Gasteiger partial charge in [0.15, 0.2) is 11.6 Å². The quantitative estimate of drug-likeness (QED) is 0.384. The van der Waals surface area contributed by atoms with Crippen LogP contribution in [-0.4, -0.2) is 52.0 Å². The summed E-state index contributed by atoms with van der Waals surface area (Å²) in [6.07, 6.45) is 3.13. The molecule has 40 heavy (non-hydrogen) atoms.